The van der Waals surface area contributed by atoms with Crippen LogP contribution in [0.1, 0.15) is 19.3 Å². The molecule has 0 spiro atoms. The van der Waals surface area contributed by atoms with Gasteiger partial charge in [-0.1, -0.05) is 29.6 Å². The number of benzene rings is 2. The van der Waals surface area contributed by atoms with Crippen LogP contribution in [-0.4, -0.2) is 38.3 Å². The first-order valence-corrected chi connectivity index (χ1v) is 11.0. The van der Waals surface area contributed by atoms with Crippen molar-refractivity contribution in [1.82, 2.24) is 4.31 Å². The van der Waals surface area contributed by atoms with Gasteiger partial charge in [-0.3, -0.25) is 4.79 Å². The number of piperidine rings is 1. The summed E-state index contributed by atoms with van der Waals surface area (Å²) in [5, 5.41) is 3.43. The molecule has 2 aromatic rings. The third-order valence-corrected chi connectivity index (χ3v) is 6.83. The Bertz CT molecular complexity index is 943. The predicted molar refractivity (Wildman–Crippen MR) is 110 cm³/mol. The van der Waals surface area contributed by atoms with Crippen LogP contribution in [-0.2, 0) is 14.8 Å². The van der Waals surface area contributed by atoms with Gasteiger partial charge in [0.15, 0.2) is 6.61 Å². The molecule has 3 rings (SSSR count). The van der Waals surface area contributed by atoms with E-state index in [1.165, 1.54) is 28.6 Å². The van der Waals surface area contributed by atoms with Crippen molar-refractivity contribution in [1.29, 1.82) is 0 Å². The zero-order valence-electron chi connectivity index (χ0n) is 15.0. The number of carbonyl (C=O) groups excluding carboxylic acids is 1. The number of carbonyl (C=O) groups is 1. The highest BCUT2D eigenvalue weighted by atomic mass is 35.5. The van der Waals surface area contributed by atoms with E-state index < -0.39 is 15.9 Å². The molecule has 1 aliphatic rings. The molecule has 9 heteroatoms. The van der Waals surface area contributed by atoms with Crippen LogP contribution >= 0.6 is 23.2 Å². The van der Waals surface area contributed by atoms with E-state index in [4.69, 9.17) is 27.9 Å². The van der Waals surface area contributed by atoms with E-state index in [2.05, 4.69) is 5.32 Å². The van der Waals surface area contributed by atoms with E-state index in [0.717, 1.165) is 19.3 Å². The van der Waals surface area contributed by atoms with Crippen LogP contribution in [0.15, 0.2) is 47.4 Å². The quantitative estimate of drug-likeness (QED) is 0.727. The predicted octanol–water partition coefficient (Wildman–Crippen LogP) is 4.19. The number of anilines is 1. The Kier molecular flexibility index (Phi) is 6.82. The first-order valence-electron chi connectivity index (χ1n) is 8.84. The van der Waals surface area contributed by atoms with Crippen LogP contribution in [0.2, 0.25) is 10.0 Å². The van der Waals surface area contributed by atoms with E-state index in [1.807, 2.05) is 0 Å². The molecule has 0 saturated carbocycles. The van der Waals surface area contributed by atoms with Crippen LogP contribution < -0.4 is 10.1 Å². The normalized spacial score (nSPS) is 15.2. The van der Waals surface area contributed by atoms with E-state index in [0.29, 0.717) is 34.6 Å². The maximum atomic E-state index is 12.6. The fourth-order valence-electron chi connectivity index (χ4n) is 2.89. The van der Waals surface area contributed by atoms with E-state index in [9.17, 15) is 13.2 Å². The number of amides is 1. The largest absolute Gasteiger partial charge is 0.484 e. The van der Waals surface area contributed by atoms with Gasteiger partial charge in [0.25, 0.3) is 5.91 Å². The van der Waals surface area contributed by atoms with Gasteiger partial charge in [0, 0.05) is 18.1 Å². The van der Waals surface area contributed by atoms with Crippen LogP contribution in [0.4, 0.5) is 5.69 Å². The monoisotopic (exact) mass is 442 g/mol. The Balaban J connectivity index is 1.58. The van der Waals surface area contributed by atoms with Gasteiger partial charge in [0.05, 0.1) is 15.6 Å². The number of nitrogens with one attached hydrogen (secondary N) is 1. The number of ether oxygens (including phenoxy) is 1. The highest BCUT2D eigenvalue weighted by Crippen LogP contribution is 2.26. The third-order valence-electron chi connectivity index (χ3n) is 4.35. The van der Waals surface area contributed by atoms with E-state index in [1.54, 1.807) is 18.2 Å². The summed E-state index contributed by atoms with van der Waals surface area (Å²) in [5.41, 5.74) is 0.394. The smallest absolute Gasteiger partial charge is 0.262 e. The summed E-state index contributed by atoms with van der Waals surface area (Å²) in [5.74, 6) is -0.0147. The number of hydrogen-bond donors (Lipinski definition) is 1. The van der Waals surface area contributed by atoms with Gasteiger partial charge in [0.1, 0.15) is 5.75 Å². The van der Waals surface area contributed by atoms with Crippen molar-refractivity contribution in [3.63, 3.8) is 0 Å². The van der Waals surface area contributed by atoms with Gasteiger partial charge < -0.3 is 10.1 Å². The topological polar surface area (TPSA) is 75.7 Å². The van der Waals surface area contributed by atoms with Crippen LogP contribution in [0.3, 0.4) is 0 Å². The molecule has 0 atom stereocenters. The van der Waals surface area contributed by atoms with Gasteiger partial charge in [-0.15, -0.1) is 0 Å². The Hall–Kier alpha value is -1.80. The Labute approximate surface area is 174 Å². The molecule has 1 fully saturated rings. The summed E-state index contributed by atoms with van der Waals surface area (Å²) in [7, 11) is -3.49. The van der Waals surface area contributed by atoms with Gasteiger partial charge >= 0.3 is 0 Å². The summed E-state index contributed by atoms with van der Waals surface area (Å²) in [4.78, 5) is 12.3. The molecular formula is C19H20Cl2N2O4S. The van der Waals surface area contributed by atoms with Gasteiger partial charge in [-0.25, -0.2) is 8.42 Å². The maximum Gasteiger partial charge on any atom is 0.262 e. The molecule has 2 aromatic carbocycles. The molecular weight excluding hydrogens is 423 g/mol. The minimum atomic E-state index is -3.49. The van der Waals surface area contributed by atoms with Crippen LogP contribution in [0.25, 0.3) is 0 Å². The molecule has 1 amide bonds. The lowest BCUT2D eigenvalue weighted by Gasteiger charge is -2.25. The zero-order chi connectivity index (χ0) is 20.1. The second kappa shape index (κ2) is 9.13. The summed E-state index contributed by atoms with van der Waals surface area (Å²) in [6, 6.07) is 10.8. The van der Waals surface area contributed by atoms with Crippen molar-refractivity contribution < 1.29 is 17.9 Å². The molecule has 0 aliphatic carbocycles. The lowest BCUT2D eigenvalue weighted by Crippen LogP contribution is -2.35. The maximum absolute atomic E-state index is 12.6. The summed E-state index contributed by atoms with van der Waals surface area (Å²) < 4.78 is 32.2. The van der Waals surface area contributed by atoms with Crippen LogP contribution in [0, 0.1) is 0 Å². The molecule has 0 radical (unpaired) electrons. The molecule has 28 heavy (non-hydrogen) atoms. The number of nitrogens with zero attached hydrogens (tertiary/aromatic N) is 1. The van der Waals surface area contributed by atoms with Crippen molar-refractivity contribution in [3.8, 4) is 5.75 Å². The summed E-state index contributed by atoms with van der Waals surface area (Å²) >= 11 is 11.9. The Morgan fingerprint density at radius 1 is 1.04 bits per heavy atom. The first-order chi connectivity index (χ1) is 13.4. The second-order valence-electron chi connectivity index (χ2n) is 6.40. The fourth-order valence-corrected chi connectivity index (χ4v) is 4.74. The molecule has 1 aliphatic heterocycles. The summed E-state index contributed by atoms with van der Waals surface area (Å²) in [6.07, 6.45) is 2.82. The molecule has 0 unspecified atom stereocenters. The molecule has 6 nitrogen and oxygen atoms in total. The van der Waals surface area contributed by atoms with Gasteiger partial charge in [0.2, 0.25) is 10.0 Å². The Morgan fingerprint density at radius 2 is 1.71 bits per heavy atom. The van der Waals surface area contributed by atoms with Gasteiger partial charge in [-0.2, -0.15) is 4.31 Å². The first kappa shape index (κ1) is 20.9. The molecule has 1 saturated heterocycles. The number of halogens is 2. The minimum Gasteiger partial charge on any atom is -0.484 e. The third kappa shape index (κ3) is 5.17. The molecule has 0 aromatic heterocycles. The standard InChI is InChI=1S/C19H20Cl2N2O4S/c20-14-4-9-17(21)18(12-14)22-19(24)13-27-15-5-7-16(8-6-15)28(25,26)23-10-2-1-3-11-23/h4-9,12H,1-3,10-11,13H2,(H,22,24). The van der Waals surface area contributed by atoms with E-state index >= 15 is 0 Å². The number of hydrogen-bond acceptors (Lipinski definition) is 4. The van der Waals surface area contributed by atoms with Crippen molar-refractivity contribution in [2.75, 3.05) is 25.0 Å². The minimum absolute atomic E-state index is 0.219. The molecule has 0 bridgehead atoms. The Morgan fingerprint density at radius 3 is 2.39 bits per heavy atom. The average molecular weight is 443 g/mol. The lowest BCUT2D eigenvalue weighted by atomic mass is 10.2. The highest BCUT2D eigenvalue weighted by Gasteiger charge is 2.25. The van der Waals surface area contributed by atoms with Crippen molar-refractivity contribution in [3.05, 3.63) is 52.5 Å². The van der Waals surface area contributed by atoms with E-state index in [-0.39, 0.29) is 11.5 Å². The zero-order valence-corrected chi connectivity index (χ0v) is 17.4. The van der Waals surface area contributed by atoms with Crippen molar-refractivity contribution >= 4 is 44.8 Å². The van der Waals surface area contributed by atoms with Crippen molar-refractivity contribution in [2.45, 2.75) is 24.2 Å². The number of sulfonamides is 1. The number of rotatable bonds is 6. The van der Waals surface area contributed by atoms with Gasteiger partial charge in [-0.05, 0) is 55.3 Å². The molecule has 1 heterocycles. The molecule has 150 valence electrons. The lowest BCUT2D eigenvalue weighted by molar-refractivity contribution is -0.118. The average Bonchev–Trinajstić information content (AvgIpc) is 2.70. The van der Waals surface area contributed by atoms with Crippen LogP contribution in [0.5, 0.6) is 5.75 Å². The highest BCUT2D eigenvalue weighted by molar-refractivity contribution is 7.89. The second-order valence-corrected chi connectivity index (χ2v) is 9.18. The summed E-state index contributed by atoms with van der Waals surface area (Å²) in [6.45, 7) is 0.848. The fraction of sp³-hybridized carbons (Fsp3) is 0.316. The van der Waals surface area contributed by atoms with Crippen molar-refractivity contribution in [2.24, 2.45) is 0 Å². The SMILES string of the molecule is O=C(COc1ccc(S(=O)(=O)N2CCCCC2)cc1)Nc1cc(Cl)ccc1Cl. The molecule has 1 N–H and O–H groups in total.